The molecule has 0 atom stereocenters. The number of hydrogen-bond acceptors (Lipinski definition) is 2. The summed E-state index contributed by atoms with van der Waals surface area (Å²) in [7, 11) is 1.93. The van der Waals surface area contributed by atoms with Crippen LogP contribution in [0.2, 0.25) is 5.02 Å². The molecule has 0 saturated heterocycles. The maximum absolute atomic E-state index is 10.8. The third-order valence-electron chi connectivity index (χ3n) is 3.36. The van der Waals surface area contributed by atoms with Crippen molar-refractivity contribution >= 4 is 28.2 Å². The lowest BCUT2D eigenvalue weighted by Gasteiger charge is -2.04. The summed E-state index contributed by atoms with van der Waals surface area (Å²) in [5.41, 5.74) is 3.01. The van der Waals surface area contributed by atoms with E-state index in [2.05, 4.69) is 0 Å². The standard InChI is InChI=1S/C15H11ClN2O2/c1-17-14-6-5-13(18(19)20)8-11(14)9-15(17)10-3-2-4-12(16)7-10/h2-9H,1H3. The molecule has 3 aromatic rings. The summed E-state index contributed by atoms with van der Waals surface area (Å²) in [4.78, 5) is 10.4. The number of nitro benzene ring substituents is 1. The van der Waals surface area contributed by atoms with E-state index < -0.39 is 0 Å². The average molecular weight is 287 g/mol. The van der Waals surface area contributed by atoms with Gasteiger partial charge < -0.3 is 4.57 Å². The van der Waals surface area contributed by atoms with Crippen molar-refractivity contribution in [2.75, 3.05) is 0 Å². The number of fused-ring (bicyclic) bond motifs is 1. The lowest BCUT2D eigenvalue weighted by atomic mass is 10.1. The number of nitro groups is 1. The second-order valence-corrected chi connectivity index (χ2v) is 5.04. The molecule has 3 rings (SSSR count). The highest BCUT2D eigenvalue weighted by Gasteiger charge is 2.12. The smallest absolute Gasteiger partial charge is 0.270 e. The first-order valence-corrected chi connectivity index (χ1v) is 6.44. The van der Waals surface area contributed by atoms with Crippen LogP contribution in [-0.2, 0) is 7.05 Å². The van der Waals surface area contributed by atoms with Gasteiger partial charge in [0.15, 0.2) is 0 Å². The zero-order valence-corrected chi connectivity index (χ0v) is 11.5. The quantitative estimate of drug-likeness (QED) is 0.517. The Kier molecular flexibility index (Phi) is 2.95. The minimum absolute atomic E-state index is 0.0979. The fourth-order valence-corrected chi connectivity index (χ4v) is 2.57. The highest BCUT2D eigenvalue weighted by Crippen LogP contribution is 2.30. The summed E-state index contributed by atoms with van der Waals surface area (Å²) in [6.07, 6.45) is 0. The number of aryl methyl sites for hydroxylation is 1. The first kappa shape index (κ1) is 12.7. The second-order valence-electron chi connectivity index (χ2n) is 4.60. The molecule has 2 aromatic carbocycles. The van der Waals surface area contributed by atoms with Gasteiger partial charge in [0.1, 0.15) is 0 Å². The Morgan fingerprint density at radius 3 is 2.65 bits per heavy atom. The van der Waals surface area contributed by atoms with Gasteiger partial charge >= 0.3 is 0 Å². The van der Waals surface area contributed by atoms with Crippen LogP contribution < -0.4 is 0 Å². The van der Waals surface area contributed by atoms with Gasteiger partial charge in [-0.15, -0.1) is 0 Å². The van der Waals surface area contributed by atoms with E-state index in [-0.39, 0.29) is 10.6 Å². The van der Waals surface area contributed by atoms with E-state index in [1.807, 2.05) is 41.9 Å². The van der Waals surface area contributed by atoms with Crippen molar-refractivity contribution < 1.29 is 4.92 Å². The summed E-state index contributed by atoms with van der Waals surface area (Å²) in [6.45, 7) is 0. The van der Waals surface area contributed by atoms with Crippen molar-refractivity contribution in [3.05, 3.63) is 63.7 Å². The monoisotopic (exact) mass is 286 g/mol. The largest absolute Gasteiger partial charge is 0.344 e. The normalized spacial score (nSPS) is 10.9. The van der Waals surface area contributed by atoms with E-state index >= 15 is 0 Å². The Labute approximate surface area is 120 Å². The van der Waals surface area contributed by atoms with Crippen molar-refractivity contribution in [3.63, 3.8) is 0 Å². The van der Waals surface area contributed by atoms with Gasteiger partial charge in [0.25, 0.3) is 5.69 Å². The molecule has 5 heteroatoms. The molecular weight excluding hydrogens is 276 g/mol. The number of rotatable bonds is 2. The number of halogens is 1. The third-order valence-corrected chi connectivity index (χ3v) is 3.59. The van der Waals surface area contributed by atoms with Gasteiger partial charge in [-0.25, -0.2) is 0 Å². The molecular formula is C15H11ClN2O2. The molecule has 0 aliphatic rings. The van der Waals surface area contributed by atoms with Gasteiger partial charge in [-0.1, -0.05) is 23.7 Å². The fraction of sp³-hybridized carbons (Fsp3) is 0.0667. The predicted molar refractivity (Wildman–Crippen MR) is 80.0 cm³/mol. The predicted octanol–water partition coefficient (Wildman–Crippen LogP) is 4.41. The molecule has 0 radical (unpaired) electrons. The van der Waals surface area contributed by atoms with Gasteiger partial charge in [-0.2, -0.15) is 0 Å². The van der Waals surface area contributed by atoms with Crippen LogP contribution in [0, 0.1) is 10.1 Å². The number of nitrogens with zero attached hydrogens (tertiary/aromatic N) is 2. The van der Waals surface area contributed by atoms with Crippen molar-refractivity contribution in [1.29, 1.82) is 0 Å². The van der Waals surface area contributed by atoms with Crippen LogP contribution in [0.3, 0.4) is 0 Å². The summed E-state index contributed by atoms with van der Waals surface area (Å²) in [5.74, 6) is 0. The van der Waals surface area contributed by atoms with Crippen LogP contribution in [0.5, 0.6) is 0 Å². The maximum Gasteiger partial charge on any atom is 0.270 e. The van der Waals surface area contributed by atoms with Gasteiger partial charge in [-0.3, -0.25) is 10.1 Å². The number of benzene rings is 2. The minimum Gasteiger partial charge on any atom is -0.344 e. The topological polar surface area (TPSA) is 48.1 Å². The number of non-ortho nitro benzene ring substituents is 1. The number of aromatic nitrogens is 1. The highest BCUT2D eigenvalue weighted by molar-refractivity contribution is 6.30. The average Bonchev–Trinajstić information content (AvgIpc) is 2.75. The molecule has 0 saturated carbocycles. The second kappa shape index (κ2) is 4.65. The Morgan fingerprint density at radius 1 is 1.15 bits per heavy atom. The van der Waals surface area contributed by atoms with Gasteiger partial charge in [0, 0.05) is 40.8 Å². The fourth-order valence-electron chi connectivity index (χ4n) is 2.38. The third kappa shape index (κ3) is 2.04. The van der Waals surface area contributed by atoms with Gasteiger partial charge in [0.05, 0.1) is 4.92 Å². The Balaban J connectivity index is 2.22. The van der Waals surface area contributed by atoms with Crippen LogP contribution in [-0.4, -0.2) is 9.49 Å². The van der Waals surface area contributed by atoms with Gasteiger partial charge in [0.2, 0.25) is 0 Å². The molecule has 0 aliphatic carbocycles. The summed E-state index contributed by atoms with van der Waals surface area (Å²) < 4.78 is 2.00. The zero-order valence-electron chi connectivity index (χ0n) is 10.7. The van der Waals surface area contributed by atoms with E-state index in [9.17, 15) is 10.1 Å². The van der Waals surface area contributed by atoms with Crippen LogP contribution in [0.1, 0.15) is 0 Å². The highest BCUT2D eigenvalue weighted by atomic mass is 35.5. The molecule has 0 spiro atoms. The molecule has 1 aromatic heterocycles. The minimum atomic E-state index is -0.383. The Hall–Kier alpha value is -2.33. The molecule has 0 aliphatic heterocycles. The molecule has 4 nitrogen and oxygen atoms in total. The van der Waals surface area contributed by atoms with E-state index in [4.69, 9.17) is 11.6 Å². The lowest BCUT2D eigenvalue weighted by Crippen LogP contribution is -1.91. The molecule has 0 unspecified atom stereocenters. The van der Waals surface area contributed by atoms with Crippen molar-refractivity contribution in [2.45, 2.75) is 0 Å². The van der Waals surface area contributed by atoms with E-state index in [1.54, 1.807) is 12.1 Å². The Morgan fingerprint density at radius 2 is 1.95 bits per heavy atom. The van der Waals surface area contributed by atoms with Crippen molar-refractivity contribution in [1.82, 2.24) is 4.57 Å². The summed E-state index contributed by atoms with van der Waals surface area (Å²) in [5, 5.41) is 12.3. The van der Waals surface area contributed by atoms with Crippen LogP contribution in [0.15, 0.2) is 48.5 Å². The van der Waals surface area contributed by atoms with Crippen molar-refractivity contribution in [2.24, 2.45) is 7.05 Å². The molecule has 0 bridgehead atoms. The zero-order chi connectivity index (χ0) is 14.3. The molecule has 0 fully saturated rings. The van der Waals surface area contributed by atoms with Crippen LogP contribution in [0.25, 0.3) is 22.2 Å². The molecule has 0 N–H and O–H groups in total. The lowest BCUT2D eigenvalue weighted by molar-refractivity contribution is -0.384. The number of hydrogen-bond donors (Lipinski definition) is 0. The molecule has 100 valence electrons. The van der Waals surface area contributed by atoms with Crippen LogP contribution in [0.4, 0.5) is 5.69 Å². The summed E-state index contributed by atoms with van der Waals surface area (Å²) >= 11 is 6.01. The van der Waals surface area contributed by atoms with E-state index in [0.29, 0.717) is 5.02 Å². The van der Waals surface area contributed by atoms with Gasteiger partial charge in [-0.05, 0) is 29.8 Å². The van der Waals surface area contributed by atoms with Crippen molar-refractivity contribution in [3.8, 4) is 11.3 Å². The molecule has 1 heterocycles. The summed E-state index contributed by atoms with van der Waals surface area (Å²) in [6, 6.07) is 14.4. The van der Waals surface area contributed by atoms with Crippen LogP contribution >= 0.6 is 11.6 Å². The first-order valence-electron chi connectivity index (χ1n) is 6.06. The van der Waals surface area contributed by atoms with E-state index in [1.165, 1.54) is 6.07 Å². The van der Waals surface area contributed by atoms with E-state index in [0.717, 1.165) is 22.2 Å². The maximum atomic E-state index is 10.8. The Bertz CT molecular complexity index is 824. The molecule has 0 amide bonds. The molecule has 20 heavy (non-hydrogen) atoms. The SMILES string of the molecule is Cn1c(-c2cccc(Cl)c2)cc2cc([N+](=O)[O-])ccc21. The first-order chi connectivity index (χ1) is 9.56.